The predicted octanol–water partition coefficient (Wildman–Crippen LogP) is 3.21. The Balaban J connectivity index is 1.35. The first kappa shape index (κ1) is 22.7. The topological polar surface area (TPSA) is 101 Å². The first-order valence-corrected chi connectivity index (χ1v) is 11.6. The number of likely N-dealkylation sites (tertiary alicyclic amines) is 1. The third-order valence-electron chi connectivity index (χ3n) is 6.11. The summed E-state index contributed by atoms with van der Waals surface area (Å²) in [7, 11) is 0. The summed E-state index contributed by atoms with van der Waals surface area (Å²) in [5.41, 5.74) is 1.02. The van der Waals surface area contributed by atoms with E-state index in [4.69, 9.17) is 25.5 Å². The zero-order chi connectivity index (χ0) is 23.8. The fourth-order valence-electron chi connectivity index (χ4n) is 4.43. The molecule has 0 radical (unpaired) electrons. The van der Waals surface area contributed by atoms with Crippen LogP contribution < -0.4 is 14.8 Å². The molecular weight excluding hydrogens is 460 g/mol. The van der Waals surface area contributed by atoms with Gasteiger partial charge in [-0.2, -0.15) is 0 Å². The fraction of sp³-hybridized carbons (Fsp3) is 0.360. The number of aliphatic hydroxyl groups excluding tert-OH is 1. The molecule has 34 heavy (non-hydrogen) atoms. The first-order valence-electron chi connectivity index (χ1n) is 11.2. The Kier molecular flexibility index (Phi) is 6.20. The molecule has 2 unspecified atom stereocenters. The second-order valence-electron chi connectivity index (χ2n) is 8.87. The number of carbonyl (C=O) groups is 2. The predicted molar refractivity (Wildman–Crippen MR) is 125 cm³/mol. The van der Waals surface area contributed by atoms with E-state index in [1.807, 2.05) is 0 Å². The Labute approximate surface area is 201 Å². The molecule has 5 rings (SSSR count). The van der Waals surface area contributed by atoms with Crippen LogP contribution in [0.1, 0.15) is 29.1 Å². The summed E-state index contributed by atoms with van der Waals surface area (Å²) < 4.78 is 16.7. The lowest BCUT2D eigenvalue weighted by Gasteiger charge is -2.40. The van der Waals surface area contributed by atoms with Crippen LogP contribution in [0.25, 0.3) is 11.0 Å². The van der Waals surface area contributed by atoms with Crippen molar-refractivity contribution < 1.29 is 28.6 Å². The van der Waals surface area contributed by atoms with Gasteiger partial charge in [-0.15, -0.1) is 0 Å². The van der Waals surface area contributed by atoms with E-state index in [1.165, 1.54) is 6.07 Å². The molecule has 9 heteroatoms. The number of ketones is 1. The van der Waals surface area contributed by atoms with Gasteiger partial charge in [0.1, 0.15) is 24.9 Å². The summed E-state index contributed by atoms with van der Waals surface area (Å²) in [5.74, 6) is -0.0438. The molecule has 2 N–H and O–H groups in total. The highest BCUT2D eigenvalue weighted by Crippen LogP contribution is 2.34. The maximum absolute atomic E-state index is 12.9. The fourth-order valence-corrected chi connectivity index (χ4v) is 4.61. The van der Waals surface area contributed by atoms with Crippen LogP contribution in [0.3, 0.4) is 0 Å². The van der Waals surface area contributed by atoms with Crippen molar-refractivity contribution >= 4 is 34.3 Å². The zero-order valence-corrected chi connectivity index (χ0v) is 19.4. The quantitative estimate of drug-likeness (QED) is 0.392. The van der Waals surface area contributed by atoms with Crippen LogP contribution in [-0.4, -0.2) is 60.6 Å². The molecule has 1 saturated heterocycles. The molecule has 8 nitrogen and oxygen atoms in total. The monoisotopic (exact) mass is 484 g/mol. The number of hydrogen-bond acceptors (Lipinski definition) is 7. The molecule has 3 heterocycles. The van der Waals surface area contributed by atoms with Crippen LogP contribution in [0.4, 0.5) is 0 Å². The number of furan rings is 1. The summed E-state index contributed by atoms with van der Waals surface area (Å²) in [4.78, 5) is 27.9. The molecule has 0 saturated carbocycles. The second-order valence-corrected chi connectivity index (χ2v) is 9.31. The van der Waals surface area contributed by atoms with E-state index >= 15 is 0 Å². The van der Waals surface area contributed by atoms with Crippen molar-refractivity contribution in [3.63, 3.8) is 0 Å². The van der Waals surface area contributed by atoms with Crippen LogP contribution in [-0.2, 0) is 4.79 Å². The van der Waals surface area contributed by atoms with Crippen molar-refractivity contribution in [1.29, 1.82) is 0 Å². The van der Waals surface area contributed by atoms with Crippen LogP contribution >= 0.6 is 11.6 Å². The number of hydrogen-bond donors (Lipinski definition) is 2. The number of amides is 1. The number of halogens is 1. The molecule has 0 bridgehead atoms. The molecule has 0 aliphatic carbocycles. The van der Waals surface area contributed by atoms with Gasteiger partial charge in [-0.1, -0.05) is 24.6 Å². The van der Waals surface area contributed by atoms with E-state index in [-0.39, 0.29) is 5.76 Å². The van der Waals surface area contributed by atoms with Crippen molar-refractivity contribution in [3.05, 3.63) is 58.8 Å². The van der Waals surface area contributed by atoms with E-state index in [2.05, 4.69) is 17.1 Å². The molecule has 3 aromatic rings. The molecular formula is C25H25ClN2O6. The minimum absolute atomic E-state index is 0.0834. The average molecular weight is 485 g/mol. The van der Waals surface area contributed by atoms with Gasteiger partial charge in [0.25, 0.3) is 11.7 Å². The number of fused-ring (bicyclic) bond motifs is 2. The highest BCUT2D eigenvalue weighted by Gasteiger charge is 2.33. The number of carbonyl (C=O) groups excluding carboxylic acids is 2. The van der Waals surface area contributed by atoms with Gasteiger partial charge < -0.3 is 29.2 Å². The van der Waals surface area contributed by atoms with Crippen LogP contribution in [0.5, 0.6) is 11.5 Å². The van der Waals surface area contributed by atoms with Gasteiger partial charge >= 0.3 is 0 Å². The molecule has 0 spiro atoms. The number of aliphatic hydroxyl groups is 1. The van der Waals surface area contributed by atoms with Crippen LogP contribution in [0.2, 0.25) is 5.02 Å². The number of ether oxygens (including phenoxy) is 2. The first-order chi connectivity index (χ1) is 16.4. The second kappa shape index (κ2) is 9.29. The molecule has 2 atom stereocenters. The van der Waals surface area contributed by atoms with Crippen molar-refractivity contribution in [3.8, 4) is 11.5 Å². The van der Waals surface area contributed by atoms with Crippen molar-refractivity contribution in [2.75, 3.05) is 32.8 Å². The Hall–Kier alpha value is -3.07. The van der Waals surface area contributed by atoms with Crippen LogP contribution in [0, 0.1) is 5.92 Å². The van der Waals surface area contributed by atoms with Gasteiger partial charge in [-0.05, 0) is 47.9 Å². The molecule has 1 amide bonds. The van der Waals surface area contributed by atoms with Crippen molar-refractivity contribution in [1.82, 2.24) is 10.2 Å². The lowest BCUT2D eigenvalue weighted by Crippen LogP contribution is -2.54. The molecule has 1 aromatic heterocycles. The smallest absolute Gasteiger partial charge is 0.296 e. The van der Waals surface area contributed by atoms with Crippen molar-refractivity contribution in [2.45, 2.75) is 19.1 Å². The third kappa shape index (κ3) is 4.61. The highest BCUT2D eigenvalue weighted by molar-refractivity contribution is 6.42. The summed E-state index contributed by atoms with van der Waals surface area (Å²) in [6.45, 7) is 5.15. The standard InChI is InChI=1S/C25H25ClN2O6/c1-14-11-28(12-14)13-18(23(29)15-2-4-20-21(9-15)33-7-6-32-20)27-25(31)24(30)22-10-16-8-17(26)3-5-19(16)34-22/h2-5,8-10,14,18,23,29H,6-7,11-13H2,1H3,(H,27,31). The van der Waals surface area contributed by atoms with E-state index in [9.17, 15) is 14.7 Å². The molecule has 2 aliphatic heterocycles. The van der Waals surface area contributed by atoms with E-state index in [1.54, 1.807) is 36.4 Å². The molecule has 2 aliphatic rings. The van der Waals surface area contributed by atoms with Gasteiger partial charge in [-0.25, -0.2) is 0 Å². The minimum Gasteiger partial charge on any atom is -0.486 e. The van der Waals surface area contributed by atoms with Gasteiger partial charge in [0.15, 0.2) is 17.3 Å². The largest absolute Gasteiger partial charge is 0.486 e. The average Bonchev–Trinajstić information content (AvgIpc) is 3.24. The number of nitrogens with one attached hydrogen (secondary N) is 1. The van der Waals surface area contributed by atoms with E-state index in [0.717, 1.165) is 13.1 Å². The van der Waals surface area contributed by atoms with Gasteiger partial charge in [0, 0.05) is 30.0 Å². The Morgan fingerprint density at radius 1 is 1.12 bits per heavy atom. The van der Waals surface area contributed by atoms with E-state index < -0.39 is 23.8 Å². The van der Waals surface area contributed by atoms with Gasteiger partial charge in [0.2, 0.25) is 0 Å². The molecule has 178 valence electrons. The normalized spacial score (nSPS) is 17.7. The Morgan fingerprint density at radius 3 is 2.65 bits per heavy atom. The number of rotatable bonds is 7. The Bertz CT molecular complexity index is 1240. The maximum atomic E-state index is 12.9. The van der Waals surface area contributed by atoms with Gasteiger partial charge in [0.05, 0.1) is 6.04 Å². The summed E-state index contributed by atoms with van der Waals surface area (Å²) in [5, 5.41) is 15.0. The van der Waals surface area contributed by atoms with E-state index in [0.29, 0.717) is 58.7 Å². The van der Waals surface area contributed by atoms with Crippen LogP contribution in [0.15, 0.2) is 46.9 Å². The Morgan fingerprint density at radius 2 is 1.88 bits per heavy atom. The van der Waals surface area contributed by atoms with Crippen molar-refractivity contribution in [2.24, 2.45) is 5.92 Å². The highest BCUT2D eigenvalue weighted by atomic mass is 35.5. The van der Waals surface area contributed by atoms with Gasteiger partial charge in [-0.3, -0.25) is 9.59 Å². The minimum atomic E-state index is -1.06. The zero-order valence-electron chi connectivity index (χ0n) is 18.6. The number of Topliss-reactive ketones (excluding diaryl/α,β-unsaturated/α-hetero) is 1. The summed E-state index contributed by atoms with van der Waals surface area (Å²) >= 11 is 6.00. The third-order valence-corrected chi connectivity index (χ3v) is 6.34. The lowest BCUT2D eigenvalue weighted by atomic mass is 9.97. The summed E-state index contributed by atoms with van der Waals surface area (Å²) in [6, 6.07) is 10.9. The molecule has 2 aromatic carbocycles. The maximum Gasteiger partial charge on any atom is 0.296 e. The number of nitrogens with zero attached hydrogens (tertiary/aromatic N) is 1. The lowest BCUT2D eigenvalue weighted by molar-refractivity contribution is -0.119. The number of benzene rings is 2. The summed E-state index contributed by atoms with van der Waals surface area (Å²) in [6.07, 6.45) is -1.06. The molecule has 1 fully saturated rings. The SMILES string of the molecule is CC1CN(CC(NC(=O)C(=O)c2cc3cc(Cl)ccc3o2)C(O)c2ccc3c(c2)OCCO3)C1.